The summed E-state index contributed by atoms with van der Waals surface area (Å²) in [6, 6.07) is 10.3. The maximum Gasteiger partial charge on any atom is 0.257 e. The third kappa shape index (κ3) is 3.90. The van der Waals surface area contributed by atoms with E-state index in [1.807, 2.05) is 6.07 Å². The van der Waals surface area contributed by atoms with Crippen LogP contribution in [0.1, 0.15) is 21.5 Å². The number of benzene rings is 1. The van der Waals surface area contributed by atoms with E-state index in [0.29, 0.717) is 22.4 Å². The zero-order valence-electron chi connectivity index (χ0n) is 11.1. The van der Waals surface area contributed by atoms with Crippen LogP contribution in [0.25, 0.3) is 0 Å². The smallest absolute Gasteiger partial charge is 0.257 e. The number of anilines is 1. The first kappa shape index (κ1) is 14.3. The van der Waals surface area contributed by atoms with Crippen molar-refractivity contribution < 1.29 is 4.79 Å². The molecule has 0 spiro atoms. The summed E-state index contributed by atoms with van der Waals surface area (Å²) in [7, 11) is 0. The number of rotatable bonds is 2. The molecule has 1 aromatic carbocycles. The van der Waals surface area contributed by atoms with Crippen LogP contribution in [-0.2, 0) is 0 Å². The lowest BCUT2D eigenvalue weighted by Crippen LogP contribution is -2.12. The van der Waals surface area contributed by atoms with Crippen molar-refractivity contribution in [2.45, 2.75) is 0 Å². The Balaban J connectivity index is 2.14. The lowest BCUT2D eigenvalue weighted by atomic mass is 10.2. The summed E-state index contributed by atoms with van der Waals surface area (Å²) < 4.78 is 0. The lowest BCUT2D eigenvalue weighted by molar-refractivity contribution is 0.102. The molecule has 0 saturated carbocycles. The number of nitrogens with zero attached hydrogens (tertiary/aromatic N) is 2. The fraction of sp³-hybridized carbons (Fsp3) is 0.0625. The highest BCUT2D eigenvalue weighted by molar-refractivity contribution is 6.04. The van der Waals surface area contributed by atoms with Gasteiger partial charge in [-0.05, 0) is 30.3 Å². The van der Waals surface area contributed by atoms with Gasteiger partial charge in [-0.3, -0.25) is 9.78 Å². The minimum absolute atomic E-state index is 0.252. The van der Waals surface area contributed by atoms with Crippen molar-refractivity contribution in [1.29, 1.82) is 5.26 Å². The van der Waals surface area contributed by atoms with Crippen LogP contribution in [0.3, 0.4) is 0 Å². The van der Waals surface area contributed by atoms with Gasteiger partial charge in [-0.1, -0.05) is 11.8 Å². The number of carbonyl (C=O) groups is 1. The standard InChI is InChI=1S/C16H12N4O/c17-7-1-2-13-8-14(11-19-10-13)16(21)20-15-5-3-12(9-18)4-6-15/h3-6,8,10-11H,7,17H2,(H,20,21). The molecule has 3 N–H and O–H groups in total. The minimum atomic E-state index is -0.288. The van der Waals surface area contributed by atoms with E-state index in [9.17, 15) is 4.79 Å². The molecule has 5 nitrogen and oxygen atoms in total. The maximum atomic E-state index is 12.1. The summed E-state index contributed by atoms with van der Waals surface area (Å²) in [5, 5.41) is 11.5. The third-order valence-electron chi connectivity index (χ3n) is 2.61. The zero-order valence-corrected chi connectivity index (χ0v) is 11.1. The predicted molar refractivity (Wildman–Crippen MR) is 79.3 cm³/mol. The van der Waals surface area contributed by atoms with Crippen molar-refractivity contribution in [3.05, 3.63) is 59.4 Å². The van der Waals surface area contributed by atoms with Gasteiger partial charge in [0.2, 0.25) is 0 Å². The number of nitrogens with one attached hydrogen (secondary N) is 1. The molecule has 0 aliphatic carbocycles. The van der Waals surface area contributed by atoms with Crippen molar-refractivity contribution in [3.8, 4) is 17.9 Å². The minimum Gasteiger partial charge on any atom is -0.322 e. The third-order valence-corrected chi connectivity index (χ3v) is 2.61. The van der Waals surface area contributed by atoms with E-state index in [4.69, 9.17) is 11.0 Å². The average Bonchev–Trinajstić information content (AvgIpc) is 2.54. The van der Waals surface area contributed by atoms with Crippen LogP contribution in [0.4, 0.5) is 5.69 Å². The summed E-state index contributed by atoms with van der Waals surface area (Å²) in [4.78, 5) is 16.1. The molecule has 5 heteroatoms. The molecular formula is C16H12N4O. The Bertz CT molecular complexity index is 748. The first-order valence-corrected chi connectivity index (χ1v) is 6.18. The summed E-state index contributed by atoms with van der Waals surface area (Å²) in [5.41, 5.74) is 7.49. The molecule has 2 aromatic rings. The number of hydrogen-bond acceptors (Lipinski definition) is 4. The molecule has 1 aromatic heterocycles. The molecule has 0 radical (unpaired) electrons. The molecule has 1 amide bonds. The van der Waals surface area contributed by atoms with E-state index < -0.39 is 0 Å². The Morgan fingerprint density at radius 1 is 1.24 bits per heavy atom. The van der Waals surface area contributed by atoms with Gasteiger partial charge in [0.1, 0.15) is 0 Å². The Labute approximate surface area is 122 Å². The van der Waals surface area contributed by atoms with Crippen LogP contribution in [0.2, 0.25) is 0 Å². The summed E-state index contributed by atoms with van der Waals surface area (Å²) >= 11 is 0. The highest BCUT2D eigenvalue weighted by atomic mass is 16.1. The Morgan fingerprint density at radius 3 is 2.67 bits per heavy atom. The number of pyridine rings is 1. The molecule has 21 heavy (non-hydrogen) atoms. The molecule has 0 aliphatic rings. The molecule has 0 unspecified atom stereocenters. The Kier molecular flexibility index (Phi) is 4.66. The maximum absolute atomic E-state index is 12.1. The number of carbonyl (C=O) groups excluding carboxylic acids is 1. The first-order valence-electron chi connectivity index (χ1n) is 6.18. The van der Waals surface area contributed by atoms with E-state index in [2.05, 4.69) is 22.1 Å². The van der Waals surface area contributed by atoms with Crippen LogP contribution in [-0.4, -0.2) is 17.4 Å². The zero-order chi connectivity index (χ0) is 15.1. The number of nitriles is 1. The van der Waals surface area contributed by atoms with Gasteiger partial charge in [-0.2, -0.15) is 5.26 Å². The Morgan fingerprint density at radius 2 is 2.00 bits per heavy atom. The molecule has 0 bridgehead atoms. The average molecular weight is 276 g/mol. The van der Waals surface area contributed by atoms with Gasteiger partial charge in [0.15, 0.2) is 0 Å². The van der Waals surface area contributed by atoms with Crippen LogP contribution in [0, 0.1) is 23.2 Å². The number of aromatic nitrogens is 1. The molecule has 0 fully saturated rings. The fourth-order valence-corrected chi connectivity index (χ4v) is 1.62. The predicted octanol–water partition coefficient (Wildman–Crippen LogP) is 1.52. The van der Waals surface area contributed by atoms with E-state index in [1.54, 1.807) is 36.5 Å². The van der Waals surface area contributed by atoms with E-state index in [0.717, 1.165) is 0 Å². The van der Waals surface area contributed by atoms with Gasteiger partial charge in [0.25, 0.3) is 5.91 Å². The fourth-order valence-electron chi connectivity index (χ4n) is 1.62. The largest absolute Gasteiger partial charge is 0.322 e. The topological polar surface area (TPSA) is 91.8 Å². The van der Waals surface area contributed by atoms with Crippen LogP contribution >= 0.6 is 0 Å². The van der Waals surface area contributed by atoms with Gasteiger partial charge in [0, 0.05) is 23.6 Å². The van der Waals surface area contributed by atoms with Gasteiger partial charge >= 0.3 is 0 Å². The lowest BCUT2D eigenvalue weighted by Gasteiger charge is -2.05. The summed E-state index contributed by atoms with van der Waals surface area (Å²) in [6.45, 7) is 0.252. The highest BCUT2D eigenvalue weighted by Gasteiger charge is 2.07. The second-order valence-electron chi connectivity index (χ2n) is 4.11. The van der Waals surface area contributed by atoms with Crippen molar-refractivity contribution in [2.75, 3.05) is 11.9 Å². The van der Waals surface area contributed by atoms with E-state index in [-0.39, 0.29) is 12.5 Å². The monoisotopic (exact) mass is 276 g/mol. The number of nitrogens with two attached hydrogens (primary N) is 1. The van der Waals surface area contributed by atoms with Crippen LogP contribution in [0.15, 0.2) is 42.7 Å². The molecule has 0 aliphatic heterocycles. The summed E-state index contributed by atoms with van der Waals surface area (Å²) in [5.74, 6) is 5.25. The molecule has 0 saturated heterocycles. The number of hydrogen-bond donors (Lipinski definition) is 2. The van der Waals surface area contributed by atoms with E-state index >= 15 is 0 Å². The van der Waals surface area contributed by atoms with Crippen LogP contribution < -0.4 is 11.1 Å². The quantitative estimate of drug-likeness (QED) is 0.813. The molecule has 2 rings (SSSR count). The van der Waals surface area contributed by atoms with E-state index in [1.165, 1.54) is 6.20 Å². The molecule has 1 heterocycles. The second-order valence-corrected chi connectivity index (χ2v) is 4.11. The molecule has 0 atom stereocenters. The van der Waals surface area contributed by atoms with Crippen molar-refractivity contribution in [1.82, 2.24) is 4.98 Å². The number of amides is 1. The highest BCUT2D eigenvalue weighted by Crippen LogP contribution is 2.11. The van der Waals surface area contributed by atoms with Crippen molar-refractivity contribution in [3.63, 3.8) is 0 Å². The SMILES string of the molecule is N#Cc1ccc(NC(=O)c2cncc(C#CCN)c2)cc1. The first-order chi connectivity index (χ1) is 10.2. The van der Waals surface area contributed by atoms with Gasteiger partial charge in [-0.15, -0.1) is 0 Å². The second kappa shape index (κ2) is 6.85. The van der Waals surface area contributed by atoms with Crippen LogP contribution in [0.5, 0.6) is 0 Å². The Hall–Kier alpha value is -3.15. The summed E-state index contributed by atoms with van der Waals surface area (Å²) in [6.07, 6.45) is 3.04. The molecular weight excluding hydrogens is 264 g/mol. The van der Waals surface area contributed by atoms with Crippen molar-refractivity contribution >= 4 is 11.6 Å². The normalized spacial score (nSPS) is 9.14. The van der Waals surface area contributed by atoms with Gasteiger partial charge in [0.05, 0.1) is 23.7 Å². The van der Waals surface area contributed by atoms with Gasteiger partial charge in [-0.25, -0.2) is 0 Å². The molecule has 102 valence electrons. The van der Waals surface area contributed by atoms with Crippen molar-refractivity contribution in [2.24, 2.45) is 5.73 Å². The van der Waals surface area contributed by atoms with Gasteiger partial charge < -0.3 is 11.1 Å².